The van der Waals surface area contributed by atoms with Gasteiger partial charge in [-0.2, -0.15) is 5.10 Å². The van der Waals surface area contributed by atoms with Gasteiger partial charge in [0.15, 0.2) is 0 Å². The van der Waals surface area contributed by atoms with Crippen LogP contribution in [-0.2, 0) is 6.54 Å². The molecule has 28 heavy (non-hydrogen) atoms. The quantitative estimate of drug-likeness (QED) is 0.721. The number of H-pyrrole nitrogens is 1. The van der Waals surface area contributed by atoms with Gasteiger partial charge in [0.25, 0.3) is 0 Å². The average molecular weight is 387 g/mol. The minimum Gasteiger partial charge on any atom is -0.406 e. The molecule has 0 unspecified atom stereocenters. The Kier molecular flexibility index (Phi) is 4.21. The van der Waals surface area contributed by atoms with Gasteiger partial charge in [-0.3, -0.25) is 5.10 Å². The number of aromatic nitrogens is 4. The number of nitrogens with one attached hydrogen (secondary N) is 1. The van der Waals surface area contributed by atoms with E-state index >= 15 is 0 Å². The van der Waals surface area contributed by atoms with Gasteiger partial charge in [0.05, 0.1) is 23.9 Å². The van der Waals surface area contributed by atoms with Gasteiger partial charge in [0.1, 0.15) is 11.4 Å². The monoisotopic (exact) mass is 387 g/mol. The standard InChI is InChI=1S/C19H16F3N5O/c1-3-26-11-23-17-12(2)27(10-16(18(17)26)13-8-24-25-9-13)14-4-6-15(7-5-14)28-19(20,21)22/h4-11H,2-3H2,1H3,(H,24,25). The Hall–Kier alpha value is -3.49. The van der Waals surface area contributed by atoms with E-state index in [1.54, 1.807) is 23.6 Å². The fourth-order valence-electron chi connectivity index (χ4n) is 3.15. The lowest BCUT2D eigenvalue weighted by molar-refractivity contribution is -0.274. The molecule has 0 aliphatic carbocycles. The van der Waals surface area contributed by atoms with Crippen LogP contribution in [0.2, 0.25) is 0 Å². The third-order valence-electron chi connectivity index (χ3n) is 4.41. The topological polar surface area (TPSA) is 59.0 Å². The van der Waals surface area contributed by atoms with Gasteiger partial charge in [-0.25, -0.2) is 4.98 Å². The van der Waals surface area contributed by atoms with E-state index in [4.69, 9.17) is 0 Å². The highest BCUT2D eigenvalue weighted by Crippen LogP contribution is 2.39. The summed E-state index contributed by atoms with van der Waals surface area (Å²) in [7, 11) is 0. The molecule has 9 heteroatoms. The number of fused-ring (bicyclic) bond motifs is 1. The molecule has 0 amide bonds. The van der Waals surface area contributed by atoms with Crippen molar-refractivity contribution in [1.29, 1.82) is 0 Å². The highest BCUT2D eigenvalue weighted by atomic mass is 19.4. The van der Waals surface area contributed by atoms with E-state index in [-0.39, 0.29) is 5.75 Å². The predicted molar refractivity (Wildman–Crippen MR) is 98.2 cm³/mol. The summed E-state index contributed by atoms with van der Waals surface area (Å²) in [6.07, 6.45) is 2.37. The molecule has 1 aliphatic rings. The molecule has 0 radical (unpaired) electrons. The van der Waals surface area contributed by atoms with Gasteiger partial charge in [0, 0.05) is 35.8 Å². The minimum atomic E-state index is -4.73. The number of imidazole rings is 1. The summed E-state index contributed by atoms with van der Waals surface area (Å²) in [6, 6.07) is 5.61. The molecule has 3 heterocycles. The maximum atomic E-state index is 12.4. The summed E-state index contributed by atoms with van der Waals surface area (Å²) in [5.41, 5.74) is 4.63. The van der Waals surface area contributed by atoms with E-state index in [9.17, 15) is 13.2 Å². The zero-order valence-electron chi connectivity index (χ0n) is 14.9. The average Bonchev–Trinajstić information content (AvgIpc) is 3.32. The van der Waals surface area contributed by atoms with Crippen LogP contribution in [0.3, 0.4) is 0 Å². The van der Waals surface area contributed by atoms with Crippen molar-refractivity contribution in [3.8, 4) is 5.75 Å². The highest BCUT2D eigenvalue weighted by molar-refractivity contribution is 5.95. The first-order chi connectivity index (χ1) is 13.4. The first-order valence-corrected chi connectivity index (χ1v) is 8.48. The Bertz CT molecular complexity index is 1030. The van der Waals surface area contributed by atoms with Crippen molar-refractivity contribution in [2.24, 2.45) is 0 Å². The van der Waals surface area contributed by atoms with Crippen LogP contribution in [0.1, 0.15) is 23.9 Å². The molecular formula is C19H16F3N5O. The Labute approximate surface area is 158 Å². The molecule has 144 valence electrons. The molecule has 0 fully saturated rings. The van der Waals surface area contributed by atoms with Crippen LogP contribution in [0.5, 0.6) is 5.75 Å². The molecule has 2 aromatic heterocycles. The number of benzene rings is 1. The second-order valence-electron chi connectivity index (χ2n) is 6.12. The lowest BCUT2D eigenvalue weighted by Crippen LogP contribution is -2.21. The molecule has 6 nitrogen and oxygen atoms in total. The number of halogens is 3. The van der Waals surface area contributed by atoms with Crippen molar-refractivity contribution in [2.75, 3.05) is 4.90 Å². The fraction of sp³-hybridized carbons (Fsp3) is 0.158. The van der Waals surface area contributed by atoms with E-state index in [1.807, 2.05) is 17.7 Å². The Morgan fingerprint density at radius 2 is 1.96 bits per heavy atom. The molecule has 3 aromatic rings. The Morgan fingerprint density at radius 3 is 2.57 bits per heavy atom. The van der Waals surface area contributed by atoms with Crippen LogP contribution < -0.4 is 9.64 Å². The van der Waals surface area contributed by atoms with Crippen molar-refractivity contribution in [3.05, 3.63) is 72.7 Å². The highest BCUT2D eigenvalue weighted by Gasteiger charge is 2.31. The van der Waals surface area contributed by atoms with Crippen LogP contribution in [0.4, 0.5) is 18.9 Å². The zero-order chi connectivity index (χ0) is 19.9. The van der Waals surface area contributed by atoms with Crippen LogP contribution >= 0.6 is 0 Å². The normalized spacial score (nSPS) is 14.1. The zero-order valence-corrected chi connectivity index (χ0v) is 14.9. The summed E-state index contributed by atoms with van der Waals surface area (Å²) in [6.45, 7) is 6.88. The Balaban J connectivity index is 1.76. The van der Waals surface area contributed by atoms with Crippen LogP contribution in [0, 0.1) is 0 Å². The van der Waals surface area contributed by atoms with Crippen LogP contribution in [-0.4, -0.2) is 26.1 Å². The molecule has 1 aromatic carbocycles. The number of nitrogens with zero attached hydrogens (tertiary/aromatic N) is 4. The lowest BCUT2D eigenvalue weighted by Gasteiger charge is -2.29. The molecule has 0 saturated heterocycles. The molecule has 0 bridgehead atoms. The first-order valence-electron chi connectivity index (χ1n) is 8.48. The number of hydrogen-bond donors (Lipinski definition) is 1. The van der Waals surface area contributed by atoms with Gasteiger partial charge in [-0.05, 0) is 31.2 Å². The number of alkyl halides is 3. The number of hydrogen-bond acceptors (Lipinski definition) is 4. The summed E-state index contributed by atoms with van der Waals surface area (Å²) in [4.78, 5) is 6.27. The maximum absolute atomic E-state index is 12.4. The van der Waals surface area contributed by atoms with E-state index in [0.717, 1.165) is 23.4 Å². The van der Waals surface area contributed by atoms with Gasteiger partial charge in [-0.15, -0.1) is 13.2 Å². The third-order valence-corrected chi connectivity index (χ3v) is 4.41. The van der Waals surface area contributed by atoms with Crippen molar-refractivity contribution in [1.82, 2.24) is 19.7 Å². The van der Waals surface area contributed by atoms with E-state index < -0.39 is 6.36 Å². The number of anilines is 1. The van der Waals surface area contributed by atoms with Crippen LogP contribution in [0.25, 0.3) is 11.3 Å². The number of rotatable bonds is 4. The molecule has 0 saturated carbocycles. The van der Waals surface area contributed by atoms with Crippen LogP contribution in [0.15, 0.2) is 55.8 Å². The fourth-order valence-corrected chi connectivity index (χ4v) is 3.15. The smallest absolute Gasteiger partial charge is 0.406 e. The maximum Gasteiger partial charge on any atom is 0.573 e. The summed E-state index contributed by atoms with van der Waals surface area (Å²) in [5, 5.41) is 6.81. The summed E-state index contributed by atoms with van der Waals surface area (Å²) < 4.78 is 43.1. The number of aryl methyl sites for hydroxylation is 1. The number of aromatic amines is 1. The van der Waals surface area contributed by atoms with E-state index in [2.05, 4.69) is 26.5 Å². The second-order valence-corrected chi connectivity index (χ2v) is 6.12. The minimum absolute atomic E-state index is 0.283. The molecule has 0 spiro atoms. The largest absolute Gasteiger partial charge is 0.573 e. The van der Waals surface area contributed by atoms with E-state index in [1.165, 1.54) is 24.3 Å². The van der Waals surface area contributed by atoms with Crippen molar-refractivity contribution < 1.29 is 17.9 Å². The predicted octanol–water partition coefficient (Wildman–Crippen LogP) is 4.40. The lowest BCUT2D eigenvalue weighted by atomic mass is 10.00. The summed E-state index contributed by atoms with van der Waals surface area (Å²) in [5.74, 6) is -0.283. The first kappa shape index (κ1) is 17.9. The third kappa shape index (κ3) is 3.15. The van der Waals surface area contributed by atoms with Crippen molar-refractivity contribution in [2.45, 2.75) is 19.8 Å². The van der Waals surface area contributed by atoms with Gasteiger partial charge < -0.3 is 14.2 Å². The van der Waals surface area contributed by atoms with Crippen molar-refractivity contribution in [3.63, 3.8) is 0 Å². The molecule has 1 N–H and O–H groups in total. The van der Waals surface area contributed by atoms with Gasteiger partial charge >= 0.3 is 6.36 Å². The SMILES string of the molecule is C=C1c2ncn(CC)c2C(c2cn[nH]c2)=CN1c1ccc(OC(F)(F)F)cc1. The summed E-state index contributed by atoms with van der Waals surface area (Å²) >= 11 is 0. The molecule has 4 rings (SSSR count). The van der Waals surface area contributed by atoms with Crippen molar-refractivity contribution >= 4 is 17.0 Å². The van der Waals surface area contributed by atoms with E-state index in [0.29, 0.717) is 17.1 Å². The number of ether oxygens (including phenoxy) is 1. The van der Waals surface area contributed by atoms with Gasteiger partial charge in [0.2, 0.25) is 0 Å². The Morgan fingerprint density at radius 1 is 1.21 bits per heavy atom. The molecule has 0 atom stereocenters. The molecular weight excluding hydrogens is 371 g/mol. The molecule has 1 aliphatic heterocycles. The second kappa shape index (κ2) is 6.59. The van der Waals surface area contributed by atoms with Gasteiger partial charge in [-0.1, -0.05) is 6.58 Å².